The molecular formula is C23H30N4O. The number of hydrogen-bond acceptors (Lipinski definition) is 4. The van der Waals surface area contributed by atoms with Crippen LogP contribution in [0.4, 0.5) is 0 Å². The summed E-state index contributed by atoms with van der Waals surface area (Å²) in [5, 5.41) is 0. The van der Waals surface area contributed by atoms with Crippen molar-refractivity contribution < 1.29 is 4.79 Å². The molecule has 2 N–H and O–H groups in total. The van der Waals surface area contributed by atoms with Crippen molar-refractivity contribution in [1.29, 1.82) is 0 Å². The van der Waals surface area contributed by atoms with Crippen molar-refractivity contribution in [3.8, 4) is 0 Å². The lowest BCUT2D eigenvalue weighted by Crippen LogP contribution is -2.53. The summed E-state index contributed by atoms with van der Waals surface area (Å²) in [6.45, 7) is 7.46. The highest BCUT2D eigenvalue weighted by Gasteiger charge is 2.46. The Balaban J connectivity index is 1.32. The Hall–Kier alpha value is -2.40. The van der Waals surface area contributed by atoms with E-state index in [-0.39, 0.29) is 5.92 Å². The van der Waals surface area contributed by atoms with Gasteiger partial charge in [0.25, 0.3) is 0 Å². The molecule has 0 radical (unpaired) electrons. The van der Waals surface area contributed by atoms with E-state index in [1.54, 1.807) is 12.4 Å². The summed E-state index contributed by atoms with van der Waals surface area (Å²) >= 11 is 0. The highest BCUT2D eigenvalue weighted by Crippen LogP contribution is 2.48. The summed E-state index contributed by atoms with van der Waals surface area (Å²) in [5.74, 6) is 0.870. The molecule has 5 nitrogen and oxygen atoms in total. The van der Waals surface area contributed by atoms with Crippen molar-refractivity contribution in [3.05, 3.63) is 54.4 Å². The minimum atomic E-state index is 0.160. The lowest BCUT2D eigenvalue weighted by molar-refractivity contribution is -0.135. The van der Waals surface area contributed by atoms with Gasteiger partial charge >= 0.3 is 0 Å². The van der Waals surface area contributed by atoms with Gasteiger partial charge in [0.15, 0.2) is 0 Å². The van der Waals surface area contributed by atoms with Gasteiger partial charge in [0.05, 0.1) is 0 Å². The molecule has 2 atom stereocenters. The maximum Gasteiger partial charge on any atom is 0.226 e. The Bertz CT molecular complexity index is 770. The quantitative estimate of drug-likeness (QED) is 0.774. The third-order valence-corrected chi connectivity index (χ3v) is 6.50. The van der Waals surface area contributed by atoms with Crippen LogP contribution >= 0.6 is 0 Å². The molecule has 2 saturated carbocycles. The third kappa shape index (κ3) is 3.90. The molecule has 2 aliphatic carbocycles. The maximum absolute atomic E-state index is 12.9. The fourth-order valence-electron chi connectivity index (χ4n) is 4.40. The number of carbonyl (C=O) groups excluding carboxylic acids is 1. The van der Waals surface area contributed by atoms with E-state index in [9.17, 15) is 4.79 Å². The number of nitrogens with two attached hydrogens (primary N) is 1. The second-order valence-electron chi connectivity index (χ2n) is 8.10. The third-order valence-electron chi connectivity index (χ3n) is 6.50. The van der Waals surface area contributed by atoms with Gasteiger partial charge in [-0.1, -0.05) is 37.3 Å². The molecule has 1 aromatic rings. The monoisotopic (exact) mass is 378 g/mol. The highest BCUT2D eigenvalue weighted by atomic mass is 16.2. The molecule has 3 aliphatic rings. The second kappa shape index (κ2) is 8.31. The first-order valence-electron chi connectivity index (χ1n) is 10.4. The molecule has 0 spiro atoms. The second-order valence-corrected chi connectivity index (χ2v) is 8.10. The summed E-state index contributed by atoms with van der Waals surface area (Å²) < 4.78 is 0. The molecule has 148 valence electrons. The summed E-state index contributed by atoms with van der Waals surface area (Å²) in [5.41, 5.74) is 8.82. The molecule has 3 fully saturated rings. The molecule has 28 heavy (non-hydrogen) atoms. The molecule has 1 saturated heterocycles. The molecule has 1 aliphatic heterocycles. The van der Waals surface area contributed by atoms with Gasteiger partial charge < -0.3 is 10.6 Å². The van der Waals surface area contributed by atoms with E-state index >= 15 is 0 Å². The van der Waals surface area contributed by atoms with Crippen molar-refractivity contribution in [1.82, 2.24) is 9.80 Å². The van der Waals surface area contributed by atoms with Gasteiger partial charge in [-0.3, -0.25) is 14.7 Å². The highest BCUT2D eigenvalue weighted by molar-refractivity contribution is 6.09. The smallest absolute Gasteiger partial charge is 0.226 e. The largest absolute Gasteiger partial charge is 0.404 e. The minimum Gasteiger partial charge on any atom is -0.404 e. The number of nitrogens with zero attached hydrogens (tertiary/aromatic N) is 3. The van der Waals surface area contributed by atoms with Gasteiger partial charge in [0.1, 0.15) is 0 Å². The van der Waals surface area contributed by atoms with Crippen LogP contribution in [0.1, 0.15) is 42.7 Å². The minimum absolute atomic E-state index is 0.160. The van der Waals surface area contributed by atoms with E-state index < -0.39 is 0 Å². The SMILES string of the molecule is C=CN=C/C(=C\N)c1ccc([C@H]2C[C@@H]2C(=O)N2CCN(C3CCC3)CC2)cc1. The Morgan fingerprint density at radius 3 is 2.43 bits per heavy atom. The van der Waals surface area contributed by atoms with Gasteiger partial charge in [0.2, 0.25) is 5.91 Å². The lowest BCUT2D eigenvalue weighted by atomic mass is 9.91. The van der Waals surface area contributed by atoms with E-state index in [4.69, 9.17) is 5.73 Å². The maximum atomic E-state index is 12.9. The molecule has 0 aromatic heterocycles. The number of hydrogen-bond donors (Lipinski definition) is 1. The zero-order chi connectivity index (χ0) is 19.5. The predicted molar refractivity (Wildman–Crippen MR) is 114 cm³/mol. The lowest BCUT2D eigenvalue weighted by Gasteiger charge is -2.43. The molecule has 1 amide bonds. The van der Waals surface area contributed by atoms with E-state index in [0.717, 1.165) is 49.8 Å². The first-order chi connectivity index (χ1) is 13.7. The summed E-state index contributed by atoms with van der Waals surface area (Å²) in [6, 6.07) is 9.13. The standard InChI is InChI=1S/C23H30N4O/c1-2-25-16-19(15-24)17-6-8-18(9-7-17)21-14-22(21)23(28)27-12-10-26(11-13-27)20-4-3-5-20/h2,6-9,15-16,20-22H,1,3-5,10-14,24H2/b19-15+,25-16?/t21-,22+/m1/s1. The fourth-order valence-corrected chi connectivity index (χ4v) is 4.40. The van der Waals surface area contributed by atoms with Crippen LogP contribution in [0.25, 0.3) is 5.57 Å². The van der Waals surface area contributed by atoms with E-state index in [1.165, 1.54) is 31.0 Å². The number of benzene rings is 1. The Morgan fingerprint density at radius 1 is 1.14 bits per heavy atom. The summed E-state index contributed by atoms with van der Waals surface area (Å²) in [4.78, 5) is 21.6. The van der Waals surface area contributed by atoms with Crippen LogP contribution in [0, 0.1) is 5.92 Å². The fraction of sp³-hybridized carbons (Fsp3) is 0.478. The van der Waals surface area contributed by atoms with Crippen molar-refractivity contribution in [2.75, 3.05) is 26.2 Å². The van der Waals surface area contributed by atoms with Gasteiger partial charge in [-0.2, -0.15) is 0 Å². The average molecular weight is 379 g/mol. The van der Waals surface area contributed by atoms with E-state index in [1.807, 2.05) is 0 Å². The number of aliphatic imine (C=N–C) groups is 1. The molecule has 0 unspecified atom stereocenters. The molecule has 0 bridgehead atoms. The first kappa shape index (κ1) is 18.9. The molecule has 5 heteroatoms. The molecule has 1 heterocycles. The van der Waals surface area contributed by atoms with Crippen LogP contribution < -0.4 is 5.73 Å². The van der Waals surface area contributed by atoms with Gasteiger partial charge in [-0.25, -0.2) is 0 Å². The zero-order valence-corrected chi connectivity index (χ0v) is 16.5. The van der Waals surface area contributed by atoms with Crippen LogP contribution in [-0.4, -0.2) is 54.1 Å². The number of amides is 1. The van der Waals surface area contributed by atoms with Gasteiger partial charge in [0, 0.05) is 62.3 Å². The Morgan fingerprint density at radius 2 is 1.86 bits per heavy atom. The normalized spacial score (nSPS) is 26.3. The Labute approximate surface area is 167 Å². The molecule has 1 aromatic carbocycles. The van der Waals surface area contributed by atoms with Gasteiger partial charge in [-0.15, -0.1) is 0 Å². The molecule has 4 rings (SSSR count). The van der Waals surface area contributed by atoms with Crippen LogP contribution in [0.15, 0.2) is 48.2 Å². The van der Waals surface area contributed by atoms with Crippen LogP contribution in [0.2, 0.25) is 0 Å². The summed E-state index contributed by atoms with van der Waals surface area (Å²) in [7, 11) is 0. The number of rotatable bonds is 6. The number of piperazine rings is 1. The average Bonchev–Trinajstić information content (AvgIpc) is 3.49. The van der Waals surface area contributed by atoms with Crippen molar-refractivity contribution in [2.24, 2.45) is 16.6 Å². The van der Waals surface area contributed by atoms with Crippen LogP contribution in [0.5, 0.6) is 0 Å². The molecular weight excluding hydrogens is 348 g/mol. The van der Waals surface area contributed by atoms with Crippen molar-refractivity contribution >= 4 is 17.7 Å². The van der Waals surface area contributed by atoms with Crippen molar-refractivity contribution in [3.63, 3.8) is 0 Å². The van der Waals surface area contributed by atoms with Gasteiger partial charge in [-0.05, 0) is 36.3 Å². The predicted octanol–water partition coefficient (Wildman–Crippen LogP) is 3.00. The van der Waals surface area contributed by atoms with Crippen LogP contribution in [0.3, 0.4) is 0 Å². The number of carbonyl (C=O) groups is 1. The van der Waals surface area contributed by atoms with E-state index in [0.29, 0.717) is 11.8 Å². The van der Waals surface area contributed by atoms with Crippen LogP contribution in [-0.2, 0) is 4.79 Å². The summed E-state index contributed by atoms with van der Waals surface area (Å²) in [6.07, 6.45) is 9.77. The topological polar surface area (TPSA) is 61.9 Å². The first-order valence-corrected chi connectivity index (χ1v) is 10.4. The Kier molecular flexibility index (Phi) is 5.62. The van der Waals surface area contributed by atoms with E-state index in [2.05, 4.69) is 45.6 Å². The number of allylic oxidation sites excluding steroid dienone is 1. The van der Waals surface area contributed by atoms with Crippen molar-refractivity contribution in [2.45, 2.75) is 37.6 Å². The zero-order valence-electron chi connectivity index (χ0n) is 16.5.